The molecule has 0 bridgehead atoms. The molecule has 0 aliphatic heterocycles. The summed E-state index contributed by atoms with van der Waals surface area (Å²) < 4.78 is 12.2. The van der Waals surface area contributed by atoms with Gasteiger partial charge in [0.05, 0.1) is 0 Å². The third-order valence-corrected chi connectivity index (χ3v) is 0.779. The minimum atomic E-state index is -1.98. The van der Waals surface area contributed by atoms with E-state index in [0.717, 1.165) is 12.3 Å². The first kappa shape index (κ1) is 9.61. The summed E-state index contributed by atoms with van der Waals surface area (Å²) in [5.74, 6) is -1.51. The molecule has 4 nitrogen and oxygen atoms in total. The fraction of sp³-hybridized carbons (Fsp3) is 0.333. The Morgan fingerprint density at radius 3 is 2.91 bits per heavy atom. The highest BCUT2D eigenvalue weighted by molar-refractivity contribution is 5.74. The van der Waals surface area contributed by atoms with Crippen molar-refractivity contribution in [3.8, 4) is 0 Å². The predicted octanol–water partition coefficient (Wildman–Crippen LogP) is 0.518. The minimum absolute atomic E-state index is 0.856. The molecule has 1 atom stereocenters. The second-order valence-corrected chi connectivity index (χ2v) is 1.62. The van der Waals surface area contributed by atoms with Crippen molar-refractivity contribution in [1.82, 2.24) is 5.43 Å². The number of aliphatic carboxylic acids is 1. The van der Waals surface area contributed by atoms with E-state index in [1.54, 1.807) is 6.92 Å². The molecule has 0 fully saturated rings. The van der Waals surface area contributed by atoms with Crippen LogP contribution < -0.4 is 5.43 Å². The van der Waals surface area contributed by atoms with Crippen molar-refractivity contribution in [3.63, 3.8) is 0 Å². The van der Waals surface area contributed by atoms with Crippen LogP contribution in [0.4, 0.5) is 4.39 Å². The molecule has 0 rings (SSSR count). The van der Waals surface area contributed by atoms with Crippen LogP contribution in [-0.2, 0) is 4.79 Å². The fourth-order valence-electron chi connectivity index (χ4n) is 0.327. The summed E-state index contributed by atoms with van der Waals surface area (Å²) in [6.07, 6.45) is 1.46. The van der Waals surface area contributed by atoms with Crippen molar-refractivity contribution in [2.24, 2.45) is 5.10 Å². The maximum Gasteiger partial charge on any atom is 0.342 e. The van der Waals surface area contributed by atoms with Crippen LogP contribution in [0.1, 0.15) is 6.92 Å². The number of hydrogen-bond donors (Lipinski definition) is 2. The van der Waals surface area contributed by atoms with E-state index in [9.17, 15) is 9.18 Å². The number of carbonyl (C=O) groups is 1. The van der Waals surface area contributed by atoms with Gasteiger partial charge in [-0.05, 0) is 13.0 Å². The second-order valence-electron chi connectivity index (χ2n) is 1.62. The SMILES string of the molecule is C/C=N\N/C=C\C(F)C(=O)O. The van der Waals surface area contributed by atoms with Gasteiger partial charge < -0.3 is 5.11 Å². The molecule has 62 valence electrons. The van der Waals surface area contributed by atoms with Crippen LogP contribution in [0.3, 0.4) is 0 Å². The van der Waals surface area contributed by atoms with Crippen molar-refractivity contribution >= 4 is 12.2 Å². The quantitative estimate of drug-likeness (QED) is 0.465. The van der Waals surface area contributed by atoms with E-state index >= 15 is 0 Å². The van der Waals surface area contributed by atoms with Crippen molar-refractivity contribution in [3.05, 3.63) is 12.3 Å². The lowest BCUT2D eigenvalue weighted by atomic mass is 10.4. The molecule has 11 heavy (non-hydrogen) atoms. The zero-order valence-electron chi connectivity index (χ0n) is 5.99. The topological polar surface area (TPSA) is 61.7 Å². The van der Waals surface area contributed by atoms with Crippen LogP contribution in [0.2, 0.25) is 0 Å². The Labute approximate surface area is 63.4 Å². The molecule has 1 unspecified atom stereocenters. The van der Waals surface area contributed by atoms with Gasteiger partial charge in [0.15, 0.2) is 0 Å². The number of nitrogens with zero attached hydrogens (tertiary/aromatic N) is 1. The molecule has 0 spiro atoms. The van der Waals surface area contributed by atoms with Gasteiger partial charge in [0.1, 0.15) is 0 Å². The van der Waals surface area contributed by atoms with Gasteiger partial charge in [0.25, 0.3) is 0 Å². The van der Waals surface area contributed by atoms with Crippen LogP contribution >= 0.6 is 0 Å². The smallest absolute Gasteiger partial charge is 0.342 e. The molecule has 0 aromatic carbocycles. The third kappa shape index (κ3) is 5.07. The summed E-state index contributed by atoms with van der Waals surface area (Å²) in [5, 5.41) is 11.5. The van der Waals surface area contributed by atoms with Gasteiger partial charge >= 0.3 is 5.97 Å². The summed E-state index contributed by atoms with van der Waals surface area (Å²) >= 11 is 0. The van der Waals surface area contributed by atoms with Gasteiger partial charge in [-0.3, -0.25) is 5.43 Å². The Balaban J connectivity index is 3.65. The highest BCUT2D eigenvalue weighted by Crippen LogP contribution is 1.90. The first-order valence-electron chi connectivity index (χ1n) is 2.95. The van der Waals surface area contributed by atoms with Gasteiger partial charge in [-0.25, -0.2) is 9.18 Å². The number of halogens is 1. The lowest BCUT2D eigenvalue weighted by Crippen LogP contribution is -2.11. The molecule has 0 saturated heterocycles. The van der Waals surface area contributed by atoms with Crippen molar-refractivity contribution in [2.75, 3.05) is 0 Å². The average Bonchev–Trinajstić information content (AvgIpc) is 1.97. The Kier molecular flexibility index (Phi) is 4.72. The van der Waals surface area contributed by atoms with E-state index in [4.69, 9.17) is 5.11 Å². The minimum Gasteiger partial charge on any atom is -0.479 e. The first-order valence-corrected chi connectivity index (χ1v) is 2.95. The molecule has 0 heterocycles. The van der Waals surface area contributed by atoms with Crippen molar-refractivity contribution in [2.45, 2.75) is 13.1 Å². The van der Waals surface area contributed by atoms with E-state index in [0.29, 0.717) is 0 Å². The van der Waals surface area contributed by atoms with Crippen LogP contribution in [0.5, 0.6) is 0 Å². The van der Waals surface area contributed by atoms with Gasteiger partial charge in [0, 0.05) is 12.4 Å². The van der Waals surface area contributed by atoms with Gasteiger partial charge in [-0.15, -0.1) is 0 Å². The summed E-state index contributed by atoms with van der Waals surface area (Å²) in [7, 11) is 0. The number of rotatable bonds is 4. The molecule has 0 aromatic heterocycles. The summed E-state index contributed by atoms with van der Waals surface area (Å²) in [6.45, 7) is 1.67. The standard InChI is InChI=1S/C6H9FN2O2/c1-2-8-9-4-3-5(7)6(10)11/h2-5,9H,1H3,(H,10,11)/b4-3-,8-2-. The normalized spacial score (nSPS) is 14.0. The summed E-state index contributed by atoms with van der Waals surface area (Å²) in [4.78, 5) is 9.87. The summed E-state index contributed by atoms with van der Waals surface area (Å²) in [6, 6.07) is 0. The van der Waals surface area contributed by atoms with Crippen LogP contribution in [-0.4, -0.2) is 23.5 Å². The van der Waals surface area contributed by atoms with Gasteiger partial charge in [0.2, 0.25) is 6.17 Å². The van der Waals surface area contributed by atoms with E-state index in [-0.39, 0.29) is 0 Å². The number of alkyl halides is 1. The molecule has 0 saturated carbocycles. The second kappa shape index (κ2) is 5.40. The van der Waals surface area contributed by atoms with E-state index < -0.39 is 12.1 Å². The molecule has 0 aromatic rings. The molecule has 0 aliphatic carbocycles. The summed E-state index contributed by atoms with van der Waals surface area (Å²) in [5.41, 5.74) is 2.31. The highest BCUT2D eigenvalue weighted by atomic mass is 19.1. The van der Waals surface area contributed by atoms with E-state index in [1.165, 1.54) is 6.21 Å². The van der Waals surface area contributed by atoms with Crippen LogP contribution in [0, 0.1) is 0 Å². The molecule has 2 N–H and O–H groups in total. The Bertz CT molecular complexity index is 179. The Hall–Kier alpha value is -1.39. The fourth-order valence-corrected chi connectivity index (χ4v) is 0.327. The van der Waals surface area contributed by atoms with E-state index in [2.05, 4.69) is 10.5 Å². The molecular formula is C6H9FN2O2. The molecule has 0 aliphatic rings. The van der Waals surface area contributed by atoms with Crippen molar-refractivity contribution in [1.29, 1.82) is 0 Å². The number of hydrazone groups is 1. The van der Waals surface area contributed by atoms with E-state index in [1.807, 2.05) is 0 Å². The predicted molar refractivity (Wildman–Crippen MR) is 39.0 cm³/mol. The molecule has 5 heteroatoms. The van der Waals surface area contributed by atoms with Gasteiger partial charge in [-0.1, -0.05) is 0 Å². The maximum atomic E-state index is 12.2. The van der Waals surface area contributed by atoms with Crippen LogP contribution in [0.25, 0.3) is 0 Å². The molecule has 0 radical (unpaired) electrons. The number of hydrogen-bond acceptors (Lipinski definition) is 3. The zero-order chi connectivity index (χ0) is 8.69. The van der Waals surface area contributed by atoms with Crippen LogP contribution in [0.15, 0.2) is 17.4 Å². The lowest BCUT2D eigenvalue weighted by Gasteiger charge is -1.92. The number of carboxylic acids is 1. The van der Waals surface area contributed by atoms with Crippen molar-refractivity contribution < 1.29 is 14.3 Å². The Morgan fingerprint density at radius 2 is 2.45 bits per heavy atom. The number of nitrogens with one attached hydrogen (secondary N) is 1. The first-order chi connectivity index (χ1) is 5.18. The average molecular weight is 160 g/mol. The number of carboxylic acid groups (broad SMARTS) is 1. The third-order valence-electron chi connectivity index (χ3n) is 0.779. The zero-order valence-corrected chi connectivity index (χ0v) is 5.99. The highest BCUT2D eigenvalue weighted by Gasteiger charge is 2.09. The Morgan fingerprint density at radius 1 is 1.82 bits per heavy atom. The largest absolute Gasteiger partial charge is 0.479 e. The molecule has 0 amide bonds. The monoisotopic (exact) mass is 160 g/mol. The lowest BCUT2D eigenvalue weighted by molar-refractivity contribution is -0.140. The molecular weight excluding hydrogens is 151 g/mol. The van der Waals surface area contributed by atoms with Gasteiger partial charge in [-0.2, -0.15) is 5.10 Å². The maximum absolute atomic E-state index is 12.2.